The van der Waals surface area contributed by atoms with Gasteiger partial charge in [0.15, 0.2) is 6.61 Å². The molecule has 0 bridgehead atoms. The van der Waals surface area contributed by atoms with Crippen molar-refractivity contribution in [1.82, 2.24) is 20.3 Å². The Morgan fingerprint density at radius 1 is 0.872 bits per heavy atom. The summed E-state index contributed by atoms with van der Waals surface area (Å²) in [6.07, 6.45) is 0.476. The number of benzene rings is 1. The van der Waals surface area contributed by atoms with Crippen molar-refractivity contribution in [2.45, 2.75) is 71.1 Å². The molecule has 0 saturated heterocycles. The van der Waals surface area contributed by atoms with Crippen LogP contribution in [-0.4, -0.2) is 63.6 Å². The van der Waals surface area contributed by atoms with Crippen LogP contribution in [-0.2, 0) is 4.74 Å². The van der Waals surface area contributed by atoms with Crippen molar-refractivity contribution < 1.29 is 37.3 Å². The standard InChI is InChI=1S/C25H35F3N6O5/c1-24(2,3)39-23(37)30-15-9-7-5-4-6-8-14-29-20-32-21(34-22(33-20)38-16-25(26,27)28)31-18-12-10-17(11-13-18)19(35)36/h10-13H,4-9,14-16H2,1-3H3,(H,30,37)(H,35,36)(H2,29,31,32,33,34). The number of aromatic carboxylic acids is 1. The van der Waals surface area contributed by atoms with Gasteiger partial charge in [-0.1, -0.05) is 25.7 Å². The summed E-state index contributed by atoms with van der Waals surface area (Å²) in [5.74, 6) is -1.11. The fraction of sp³-hybridized carbons (Fsp3) is 0.560. The van der Waals surface area contributed by atoms with Crippen LogP contribution in [0.1, 0.15) is 69.7 Å². The molecule has 0 unspecified atom stereocenters. The van der Waals surface area contributed by atoms with Gasteiger partial charge in [-0.3, -0.25) is 0 Å². The Hall–Kier alpha value is -3.84. The fourth-order valence-electron chi connectivity index (χ4n) is 3.19. The third-order valence-electron chi connectivity index (χ3n) is 4.92. The second kappa shape index (κ2) is 14.9. The second-order valence-electron chi connectivity index (χ2n) is 9.65. The van der Waals surface area contributed by atoms with Crippen molar-refractivity contribution in [3.05, 3.63) is 29.8 Å². The van der Waals surface area contributed by atoms with Gasteiger partial charge >= 0.3 is 24.2 Å². The normalized spacial score (nSPS) is 11.5. The van der Waals surface area contributed by atoms with E-state index in [1.165, 1.54) is 24.3 Å². The molecule has 0 spiro atoms. The van der Waals surface area contributed by atoms with Gasteiger partial charge in [0, 0.05) is 18.8 Å². The number of unbranched alkanes of at least 4 members (excludes halogenated alkanes) is 5. The molecule has 0 fully saturated rings. The van der Waals surface area contributed by atoms with Gasteiger partial charge in [0.05, 0.1) is 5.56 Å². The lowest BCUT2D eigenvalue weighted by atomic mass is 10.1. The van der Waals surface area contributed by atoms with E-state index in [-0.39, 0.29) is 17.5 Å². The van der Waals surface area contributed by atoms with Crippen LogP contribution in [0.2, 0.25) is 0 Å². The molecule has 1 aromatic heterocycles. The number of alkyl carbamates (subject to hydrolysis) is 1. The Labute approximate surface area is 224 Å². The smallest absolute Gasteiger partial charge is 0.422 e. The van der Waals surface area contributed by atoms with E-state index in [0.717, 1.165) is 38.5 Å². The molecular formula is C25H35F3N6O5. The van der Waals surface area contributed by atoms with Gasteiger partial charge in [-0.2, -0.15) is 28.1 Å². The second-order valence-corrected chi connectivity index (χ2v) is 9.65. The molecule has 39 heavy (non-hydrogen) atoms. The van der Waals surface area contributed by atoms with E-state index in [2.05, 4.69) is 30.9 Å². The Balaban J connectivity index is 1.78. The number of hydrogen-bond donors (Lipinski definition) is 4. The highest BCUT2D eigenvalue weighted by Gasteiger charge is 2.29. The highest BCUT2D eigenvalue weighted by molar-refractivity contribution is 5.88. The number of carbonyl (C=O) groups excluding carboxylic acids is 1. The molecule has 0 aliphatic rings. The number of amides is 1. The highest BCUT2D eigenvalue weighted by atomic mass is 19.4. The maximum atomic E-state index is 12.6. The number of carbonyl (C=O) groups is 2. The van der Waals surface area contributed by atoms with Gasteiger partial charge in [-0.05, 0) is 57.9 Å². The van der Waals surface area contributed by atoms with E-state index in [1.54, 1.807) is 0 Å². The molecule has 1 aromatic carbocycles. The number of halogens is 3. The van der Waals surface area contributed by atoms with Crippen LogP contribution in [0.4, 0.5) is 35.5 Å². The molecular weight excluding hydrogens is 521 g/mol. The number of anilines is 3. The molecule has 0 aliphatic carbocycles. The molecule has 4 N–H and O–H groups in total. The van der Waals surface area contributed by atoms with E-state index in [4.69, 9.17) is 14.6 Å². The zero-order chi connectivity index (χ0) is 28.9. The molecule has 0 saturated carbocycles. The van der Waals surface area contributed by atoms with Crippen LogP contribution < -0.4 is 20.7 Å². The van der Waals surface area contributed by atoms with Crippen molar-refractivity contribution >= 4 is 29.6 Å². The van der Waals surface area contributed by atoms with Crippen molar-refractivity contribution in [3.8, 4) is 6.01 Å². The van der Waals surface area contributed by atoms with Crippen molar-refractivity contribution in [1.29, 1.82) is 0 Å². The van der Waals surface area contributed by atoms with E-state index in [0.29, 0.717) is 18.8 Å². The zero-order valence-corrected chi connectivity index (χ0v) is 22.2. The summed E-state index contributed by atoms with van der Waals surface area (Å²) in [7, 11) is 0. The minimum Gasteiger partial charge on any atom is -0.478 e. The molecule has 0 aliphatic heterocycles. The Morgan fingerprint density at radius 2 is 1.46 bits per heavy atom. The monoisotopic (exact) mass is 556 g/mol. The first-order valence-electron chi connectivity index (χ1n) is 12.6. The summed E-state index contributed by atoms with van der Waals surface area (Å²) in [4.78, 5) is 34.5. The molecule has 1 amide bonds. The highest BCUT2D eigenvalue weighted by Crippen LogP contribution is 2.20. The SMILES string of the molecule is CC(C)(C)OC(=O)NCCCCCCCCNc1nc(Nc2ccc(C(=O)O)cc2)nc(OCC(F)(F)F)n1. The summed E-state index contributed by atoms with van der Waals surface area (Å²) in [6.45, 7) is 4.90. The van der Waals surface area contributed by atoms with E-state index < -0.39 is 36.5 Å². The number of aromatic nitrogens is 3. The Bertz CT molecular complexity index is 1060. The molecule has 1 heterocycles. The summed E-state index contributed by atoms with van der Waals surface area (Å²) >= 11 is 0. The van der Waals surface area contributed by atoms with Crippen LogP contribution in [0.5, 0.6) is 6.01 Å². The lowest BCUT2D eigenvalue weighted by molar-refractivity contribution is -0.154. The van der Waals surface area contributed by atoms with Crippen LogP contribution in [0.25, 0.3) is 0 Å². The minimum atomic E-state index is -4.56. The number of ether oxygens (including phenoxy) is 2. The van der Waals surface area contributed by atoms with E-state index in [1.807, 2.05) is 20.8 Å². The van der Waals surface area contributed by atoms with Gasteiger partial charge < -0.3 is 30.5 Å². The van der Waals surface area contributed by atoms with Gasteiger partial charge in [0.1, 0.15) is 5.60 Å². The number of carboxylic acids is 1. The molecule has 11 nitrogen and oxygen atoms in total. The molecule has 2 rings (SSSR count). The van der Waals surface area contributed by atoms with Crippen molar-refractivity contribution in [2.75, 3.05) is 30.3 Å². The zero-order valence-electron chi connectivity index (χ0n) is 22.2. The summed E-state index contributed by atoms with van der Waals surface area (Å²) < 4.78 is 47.7. The number of nitrogens with zero attached hydrogens (tertiary/aromatic N) is 3. The number of alkyl halides is 3. The quantitative estimate of drug-likeness (QED) is 0.206. The predicted molar refractivity (Wildman–Crippen MR) is 138 cm³/mol. The summed E-state index contributed by atoms with van der Waals surface area (Å²) in [5, 5.41) is 17.5. The van der Waals surface area contributed by atoms with Gasteiger partial charge in [0.2, 0.25) is 11.9 Å². The van der Waals surface area contributed by atoms with E-state index >= 15 is 0 Å². The third kappa shape index (κ3) is 14.0. The Kier molecular flexibility index (Phi) is 12.0. The van der Waals surface area contributed by atoms with E-state index in [9.17, 15) is 22.8 Å². The fourth-order valence-corrected chi connectivity index (χ4v) is 3.19. The first-order chi connectivity index (χ1) is 18.3. The van der Waals surface area contributed by atoms with Gasteiger partial charge in [-0.25, -0.2) is 9.59 Å². The average molecular weight is 557 g/mol. The minimum absolute atomic E-state index is 0.0417. The lowest BCUT2D eigenvalue weighted by Crippen LogP contribution is -2.32. The Morgan fingerprint density at radius 3 is 2.05 bits per heavy atom. The molecule has 14 heteroatoms. The topological polar surface area (TPSA) is 148 Å². The third-order valence-corrected chi connectivity index (χ3v) is 4.92. The van der Waals surface area contributed by atoms with Crippen molar-refractivity contribution in [3.63, 3.8) is 0 Å². The summed E-state index contributed by atoms with van der Waals surface area (Å²) in [5.41, 5.74) is -0.0178. The van der Waals surface area contributed by atoms with Gasteiger partial charge in [0.25, 0.3) is 0 Å². The van der Waals surface area contributed by atoms with Gasteiger partial charge in [-0.15, -0.1) is 0 Å². The summed E-state index contributed by atoms with van der Waals surface area (Å²) in [6, 6.07) is 5.18. The maximum absolute atomic E-state index is 12.6. The van der Waals surface area contributed by atoms with Crippen LogP contribution in [0.3, 0.4) is 0 Å². The first kappa shape index (κ1) is 31.4. The molecule has 0 atom stereocenters. The predicted octanol–water partition coefficient (Wildman–Crippen LogP) is 5.53. The lowest BCUT2D eigenvalue weighted by Gasteiger charge is -2.19. The van der Waals surface area contributed by atoms with Crippen LogP contribution in [0.15, 0.2) is 24.3 Å². The van der Waals surface area contributed by atoms with Crippen LogP contribution >= 0.6 is 0 Å². The molecule has 0 radical (unpaired) electrons. The number of hydrogen-bond acceptors (Lipinski definition) is 9. The van der Waals surface area contributed by atoms with Crippen LogP contribution in [0, 0.1) is 0 Å². The largest absolute Gasteiger partial charge is 0.478 e. The molecule has 2 aromatic rings. The molecule has 216 valence electrons. The number of nitrogens with one attached hydrogen (secondary N) is 3. The number of rotatable bonds is 15. The number of carboxylic acid groups (broad SMARTS) is 1. The maximum Gasteiger partial charge on any atom is 0.422 e. The first-order valence-corrected chi connectivity index (χ1v) is 12.6. The average Bonchev–Trinajstić information content (AvgIpc) is 2.82. The van der Waals surface area contributed by atoms with Crippen molar-refractivity contribution in [2.24, 2.45) is 0 Å².